The van der Waals surface area contributed by atoms with Gasteiger partial charge in [0.2, 0.25) is 11.8 Å². The number of hydrogen-bond acceptors (Lipinski definition) is 3. The standard InChI is InChI=1S/C12H11ClN2O3/c1-12(2)9(16)14-11(18)15(10(12)17)8-5-3-4-7(13)6-8/h3-6H,1-2H3,(H,14,16,18). The fourth-order valence-corrected chi connectivity index (χ4v) is 1.81. The van der Waals surface area contributed by atoms with Gasteiger partial charge in [-0.15, -0.1) is 0 Å². The van der Waals surface area contributed by atoms with E-state index in [2.05, 4.69) is 5.32 Å². The molecule has 1 N–H and O–H groups in total. The molecule has 0 aliphatic carbocycles. The van der Waals surface area contributed by atoms with Crippen molar-refractivity contribution < 1.29 is 14.4 Å². The van der Waals surface area contributed by atoms with Crippen LogP contribution < -0.4 is 10.2 Å². The van der Waals surface area contributed by atoms with Crippen LogP contribution in [0.3, 0.4) is 0 Å². The van der Waals surface area contributed by atoms with Crippen LogP contribution in [0.2, 0.25) is 5.02 Å². The van der Waals surface area contributed by atoms with Gasteiger partial charge in [-0.05, 0) is 32.0 Å². The topological polar surface area (TPSA) is 66.5 Å². The number of benzene rings is 1. The normalized spacial score (nSPS) is 18.8. The molecule has 5 nitrogen and oxygen atoms in total. The molecule has 1 saturated heterocycles. The minimum absolute atomic E-state index is 0.338. The number of carbonyl (C=O) groups is 3. The van der Waals surface area contributed by atoms with Gasteiger partial charge in [-0.1, -0.05) is 17.7 Å². The number of imide groups is 2. The summed E-state index contributed by atoms with van der Waals surface area (Å²) in [6.07, 6.45) is 0. The predicted octanol–water partition coefficient (Wildman–Crippen LogP) is 1.95. The Morgan fingerprint density at radius 3 is 2.50 bits per heavy atom. The molecule has 18 heavy (non-hydrogen) atoms. The summed E-state index contributed by atoms with van der Waals surface area (Å²) in [5.74, 6) is -1.17. The van der Waals surface area contributed by atoms with Crippen LogP contribution in [0.4, 0.5) is 10.5 Å². The monoisotopic (exact) mass is 266 g/mol. The number of halogens is 1. The summed E-state index contributed by atoms with van der Waals surface area (Å²) < 4.78 is 0. The molecule has 6 heteroatoms. The van der Waals surface area contributed by atoms with Gasteiger partial charge in [0.05, 0.1) is 5.69 Å². The maximum Gasteiger partial charge on any atom is 0.335 e. The second-order valence-electron chi connectivity index (χ2n) is 4.50. The van der Waals surface area contributed by atoms with Crippen LogP contribution in [0.5, 0.6) is 0 Å². The Bertz CT molecular complexity index is 554. The largest absolute Gasteiger partial charge is 0.335 e. The molecule has 1 fully saturated rings. The molecule has 0 saturated carbocycles. The van der Waals surface area contributed by atoms with Crippen molar-refractivity contribution in [3.05, 3.63) is 29.3 Å². The van der Waals surface area contributed by atoms with E-state index in [1.54, 1.807) is 18.2 Å². The molecule has 0 aromatic heterocycles. The number of rotatable bonds is 1. The highest BCUT2D eigenvalue weighted by molar-refractivity contribution is 6.32. The highest BCUT2D eigenvalue weighted by Crippen LogP contribution is 2.29. The smallest absolute Gasteiger partial charge is 0.276 e. The van der Waals surface area contributed by atoms with Crippen molar-refractivity contribution in [1.29, 1.82) is 0 Å². The first-order chi connectivity index (χ1) is 8.34. The summed E-state index contributed by atoms with van der Waals surface area (Å²) in [5, 5.41) is 2.56. The van der Waals surface area contributed by atoms with E-state index in [-0.39, 0.29) is 0 Å². The first kappa shape index (κ1) is 12.6. The van der Waals surface area contributed by atoms with Crippen LogP contribution in [-0.2, 0) is 9.59 Å². The molecule has 1 aliphatic rings. The molecular weight excluding hydrogens is 256 g/mol. The lowest BCUT2D eigenvalue weighted by atomic mass is 9.88. The van der Waals surface area contributed by atoms with Gasteiger partial charge in [-0.25, -0.2) is 9.69 Å². The summed E-state index contributed by atoms with van der Waals surface area (Å²) in [4.78, 5) is 36.4. The van der Waals surface area contributed by atoms with Crippen LogP contribution in [0.25, 0.3) is 0 Å². The number of amides is 4. The summed E-state index contributed by atoms with van der Waals surface area (Å²) >= 11 is 5.82. The third-order valence-corrected chi connectivity index (χ3v) is 3.03. The lowest BCUT2D eigenvalue weighted by Gasteiger charge is -2.34. The van der Waals surface area contributed by atoms with Crippen LogP contribution in [0.1, 0.15) is 13.8 Å². The molecule has 0 bridgehead atoms. The van der Waals surface area contributed by atoms with Crippen LogP contribution >= 0.6 is 11.6 Å². The Labute approximate surface area is 109 Å². The first-order valence-corrected chi connectivity index (χ1v) is 5.67. The molecule has 2 rings (SSSR count). The zero-order chi connectivity index (χ0) is 13.5. The highest BCUT2D eigenvalue weighted by Gasteiger charge is 2.47. The summed E-state index contributed by atoms with van der Waals surface area (Å²) in [5.41, 5.74) is -0.943. The van der Waals surface area contributed by atoms with E-state index in [4.69, 9.17) is 11.6 Å². The van der Waals surface area contributed by atoms with Gasteiger partial charge in [0.25, 0.3) is 0 Å². The van der Waals surface area contributed by atoms with E-state index in [1.807, 2.05) is 0 Å². The number of carbonyl (C=O) groups excluding carboxylic acids is 3. The number of barbiturate groups is 1. The number of urea groups is 1. The van der Waals surface area contributed by atoms with E-state index in [0.717, 1.165) is 4.90 Å². The highest BCUT2D eigenvalue weighted by atomic mass is 35.5. The van der Waals surface area contributed by atoms with Gasteiger partial charge in [-0.3, -0.25) is 14.9 Å². The zero-order valence-corrected chi connectivity index (χ0v) is 10.6. The quantitative estimate of drug-likeness (QED) is 0.790. The second-order valence-corrected chi connectivity index (χ2v) is 4.94. The molecule has 1 heterocycles. The SMILES string of the molecule is CC1(C)C(=O)NC(=O)N(c2cccc(Cl)c2)C1=O. The molecule has 0 atom stereocenters. The Hall–Kier alpha value is -1.88. The number of nitrogens with zero attached hydrogens (tertiary/aromatic N) is 1. The maximum absolute atomic E-state index is 12.2. The summed E-state index contributed by atoms with van der Waals surface area (Å²) in [6, 6.07) is 5.57. The van der Waals surface area contributed by atoms with Crippen LogP contribution in [0.15, 0.2) is 24.3 Å². The number of hydrogen-bond donors (Lipinski definition) is 1. The fraction of sp³-hybridized carbons (Fsp3) is 0.250. The van der Waals surface area contributed by atoms with E-state index >= 15 is 0 Å². The van der Waals surface area contributed by atoms with Gasteiger partial charge in [0, 0.05) is 5.02 Å². The molecule has 0 unspecified atom stereocenters. The van der Waals surface area contributed by atoms with E-state index in [1.165, 1.54) is 19.9 Å². The lowest BCUT2D eigenvalue weighted by Crippen LogP contribution is -2.62. The molecule has 0 spiro atoms. The van der Waals surface area contributed by atoms with Crippen molar-refractivity contribution in [2.75, 3.05) is 4.90 Å². The Morgan fingerprint density at radius 2 is 1.89 bits per heavy atom. The van der Waals surface area contributed by atoms with Crippen molar-refractivity contribution in [2.24, 2.45) is 5.41 Å². The minimum Gasteiger partial charge on any atom is -0.276 e. The number of anilines is 1. The van der Waals surface area contributed by atoms with E-state index in [0.29, 0.717) is 10.7 Å². The van der Waals surface area contributed by atoms with Gasteiger partial charge in [0.1, 0.15) is 5.41 Å². The fourth-order valence-electron chi connectivity index (χ4n) is 1.63. The second kappa shape index (κ2) is 4.10. The zero-order valence-electron chi connectivity index (χ0n) is 9.86. The van der Waals surface area contributed by atoms with Crippen LogP contribution in [0, 0.1) is 5.41 Å². The summed E-state index contributed by atoms with van der Waals surface area (Å²) in [6.45, 7) is 2.93. The average molecular weight is 267 g/mol. The van der Waals surface area contributed by atoms with E-state index < -0.39 is 23.3 Å². The Morgan fingerprint density at radius 1 is 1.22 bits per heavy atom. The predicted molar refractivity (Wildman–Crippen MR) is 66.3 cm³/mol. The third kappa shape index (κ3) is 1.86. The van der Waals surface area contributed by atoms with Crippen molar-refractivity contribution in [3.8, 4) is 0 Å². The summed E-state index contributed by atoms with van der Waals surface area (Å²) in [7, 11) is 0. The van der Waals surface area contributed by atoms with Crippen molar-refractivity contribution >= 4 is 35.1 Å². The van der Waals surface area contributed by atoms with Gasteiger partial charge in [0.15, 0.2) is 0 Å². The minimum atomic E-state index is -1.28. The van der Waals surface area contributed by atoms with Crippen LogP contribution in [-0.4, -0.2) is 17.8 Å². The van der Waals surface area contributed by atoms with Gasteiger partial charge >= 0.3 is 6.03 Å². The van der Waals surface area contributed by atoms with E-state index in [9.17, 15) is 14.4 Å². The van der Waals surface area contributed by atoms with Crippen molar-refractivity contribution in [3.63, 3.8) is 0 Å². The molecule has 1 aromatic carbocycles. The Kier molecular flexibility index (Phi) is 2.86. The maximum atomic E-state index is 12.2. The third-order valence-electron chi connectivity index (χ3n) is 2.80. The van der Waals surface area contributed by atoms with Gasteiger partial charge < -0.3 is 0 Å². The molecule has 4 amide bonds. The molecule has 1 aliphatic heterocycles. The van der Waals surface area contributed by atoms with Gasteiger partial charge in [-0.2, -0.15) is 0 Å². The molecular formula is C12H11ClN2O3. The molecule has 1 aromatic rings. The average Bonchev–Trinajstić information content (AvgIpc) is 2.27. The Balaban J connectivity index is 2.47. The van der Waals surface area contributed by atoms with Crippen molar-refractivity contribution in [2.45, 2.75) is 13.8 Å². The molecule has 94 valence electrons. The van der Waals surface area contributed by atoms with Crippen molar-refractivity contribution in [1.82, 2.24) is 5.32 Å². The lowest BCUT2D eigenvalue weighted by molar-refractivity contribution is -0.140. The molecule has 0 radical (unpaired) electrons. The number of nitrogens with one attached hydrogen (secondary N) is 1. The first-order valence-electron chi connectivity index (χ1n) is 5.29.